The number of aromatic nitrogens is 3. The summed E-state index contributed by atoms with van der Waals surface area (Å²) in [6, 6.07) is 64.5. The third kappa shape index (κ3) is 5.37. The van der Waals surface area contributed by atoms with Crippen molar-refractivity contribution < 1.29 is 8.83 Å². The number of hydrogen-bond acceptors (Lipinski definition) is 5. The molecule has 262 valence electrons. The zero-order valence-corrected chi connectivity index (χ0v) is 30.1. The fraction of sp³-hybridized carbons (Fsp3) is 0. The lowest BCUT2D eigenvalue weighted by atomic mass is 9.91. The average Bonchev–Trinajstić information content (AvgIpc) is 3.85. The van der Waals surface area contributed by atoms with Gasteiger partial charge in [-0.15, -0.1) is 0 Å². The molecule has 11 aromatic rings. The molecule has 5 heteroatoms. The van der Waals surface area contributed by atoms with Crippen molar-refractivity contribution in [2.75, 3.05) is 0 Å². The number of nitrogens with zero attached hydrogens (tertiary/aromatic N) is 3. The van der Waals surface area contributed by atoms with Crippen LogP contribution in [-0.4, -0.2) is 15.0 Å². The highest BCUT2D eigenvalue weighted by molar-refractivity contribution is 6.15. The quantitative estimate of drug-likeness (QED) is 0.171. The first-order valence-electron chi connectivity index (χ1n) is 18.7. The number of benzene rings is 8. The first kappa shape index (κ1) is 31.9. The summed E-state index contributed by atoms with van der Waals surface area (Å²) in [4.78, 5) is 14.8. The number of hydrogen-bond donors (Lipinski definition) is 0. The first-order chi connectivity index (χ1) is 27.7. The Balaban J connectivity index is 1.03. The molecule has 0 bridgehead atoms. The van der Waals surface area contributed by atoms with Crippen LogP contribution in [0.4, 0.5) is 0 Å². The van der Waals surface area contributed by atoms with Crippen molar-refractivity contribution in [3.8, 4) is 67.5 Å². The van der Waals surface area contributed by atoms with E-state index in [0.717, 1.165) is 93.9 Å². The number of rotatable bonds is 6. The second-order valence-electron chi connectivity index (χ2n) is 13.9. The second-order valence-corrected chi connectivity index (χ2v) is 13.9. The summed E-state index contributed by atoms with van der Waals surface area (Å²) >= 11 is 0. The van der Waals surface area contributed by atoms with Crippen LogP contribution in [0.15, 0.2) is 197 Å². The zero-order valence-electron chi connectivity index (χ0n) is 30.1. The zero-order chi connectivity index (χ0) is 37.0. The van der Waals surface area contributed by atoms with E-state index >= 15 is 0 Å². The lowest BCUT2D eigenvalue weighted by Crippen LogP contribution is -2.00. The fourth-order valence-electron chi connectivity index (χ4n) is 7.91. The smallest absolute Gasteiger partial charge is 0.164 e. The van der Waals surface area contributed by atoms with Crippen molar-refractivity contribution >= 4 is 43.9 Å². The molecule has 0 N–H and O–H groups in total. The molecule has 3 heterocycles. The Bertz CT molecular complexity index is 3180. The molecule has 0 atom stereocenters. The highest BCUT2D eigenvalue weighted by Gasteiger charge is 2.19. The van der Waals surface area contributed by atoms with Crippen LogP contribution in [0.2, 0.25) is 0 Å². The third-order valence-electron chi connectivity index (χ3n) is 10.6. The fourth-order valence-corrected chi connectivity index (χ4v) is 7.91. The van der Waals surface area contributed by atoms with E-state index in [4.69, 9.17) is 23.8 Å². The topological polar surface area (TPSA) is 65.0 Å². The predicted molar refractivity (Wildman–Crippen MR) is 227 cm³/mol. The number of para-hydroxylation sites is 1. The largest absolute Gasteiger partial charge is 0.456 e. The van der Waals surface area contributed by atoms with Gasteiger partial charge in [-0.3, -0.25) is 0 Å². The monoisotopic (exact) mass is 717 g/mol. The van der Waals surface area contributed by atoms with Gasteiger partial charge in [0.15, 0.2) is 17.5 Å². The Morgan fingerprint density at radius 1 is 0.286 bits per heavy atom. The van der Waals surface area contributed by atoms with E-state index in [1.165, 1.54) is 0 Å². The lowest BCUT2D eigenvalue weighted by Gasteiger charge is -2.11. The average molecular weight is 718 g/mol. The van der Waals surface area contributed by atoms with Crippen molar-refractivity contribution in [3.05, 3.63) is 188 Å². The van der Waals surface area contributed by atoms with E-state index in [-0.39, 0.29) is 0 Å². The Kier molecular flexibility index (Phi) is 7.42. The molecule has 0 spiro atoms. The highest BCUT2D eigenvalue weighted by atomic mass is 16.3. The first-order valence-corrected chi connectivity index (χ1v) is 18.7. The molecule has 8 aromatic carbocycles. The summed E-state index contributed by atoms with van der Waals surface area (Å²) < 4.78 is 13.2. The third-order valence-corrected chi connectivity index (χ3v) is 10.6. The Morgan fingerprint density at radius 2 is 0.804 bits per heavy atom. The summed E-state index contributed by atoms with van der Waals surface area (Å²) in [5.74, 6) is 1.83. The van der Waals surface area contributed by atoms with Crippen molar-refractivity contribution in [1.82, 2.24) is 15.0 Å². The molecule has 0 fully saturated rings. The predicted octanol–water partition coefficient (Wildman–Crippen LogP) is 13.7. The molecule has 0 saturated carbocycles. The molecule has 0 unspecified atom stereocenters. The van der Waals surface area contributed by atoms with Gasteiger partial charge < -0.3 is 8.83 Å². The molecule has 5 nitrogen and oxygen atoms in total. The second kappa shape index (κ2) is 13.0. The molecule has 0 aliphatic heterocycles. The van der Waals surface area contributed by atoms with Gasteiger partial charge >= 0.3 is 0 Å². The lowest BCUT2D eigenvalue weighted by molar-refractivity contribution is 0.669. The maximum absolute atomic E-state index is 6.64. The van der Waals surface area contributed by atoms with Gasteiger partial charge in [-0.05, 0) is 58.1 Å². The van der Waals surface area contributed by atoms with Gasteiger partial charge in [-0.2, -0.15) is 0 Å². The molecule has 0 aliphatic carbocycles. The SMILES string of the molecule is c1ccc(-c2nc(-c3ccccc3)nc(-c3ccc4c(c3)oc3cccc(-c5ccccc5-c5ccc6c(c5)oc5c(-c7ccccc7)cccc56)c34)n2)cc1. The van der Waals surface area contributed by atoms with Crippen LogP contribution >= 0.6 is 0 Å². The Labute approximate surface area is 322 Å². The molecule has 0 saturated heterocycles. The minimum Gasteiger partial charge on any atom is -0.456 e. The highest BCUT2D eigenvalue weighted by Crippen LogP contribution is 2.43. The maximum atomic E-state index is 6.64. The summed E-state index contributed by atoms with van der Waals surface area (Å²) in [5, 5.41) is 4.29. The van der Waals surface area contributed by atoms with Crippen molar-refractivity contribution in [2.45, 2.75) is 0 Å². The van der Waals surface area contributed by atoms with Crippen LogP contribution < -0.4 is 0 Å². The molecule has 0 aliphatic rings. The van der Waals surface area contributed by atoms with Gasteiger partial charge in [-0.25, -0.2) is 15.0 Å². The molecule has 0 radical (unpaired) electrons. The van der Waals surface area contributed by atoms with E-state index in [1.807, 2.05) is 78.9 Å². The molecule has 56 heavy (non-hydrogen) atoms. The van der Waals surface area contributed by atoms with Gasteiger partial charge in [0.05, 0.1) is 0 Å². The van der Waals surface area contributed by atoms with Crippen LogP contribution in [-0.2, 0) is 0 Å². The Hall–Kier alpha value is -7.63. The van der Waals surface area contributed by atoms with Crippen LogP contribution in [0, 0.1) is 0 Å². The Morgan fingerprint density at radius 3 is 1.52 bits per heavy atom. The molecule has 0 amide bonds. The molecular weight excluding hydrogens is 687 g/mol. The van der Waals surface area contributed by atoms with E-state index in [2.05, 4.69) is 109 Å². The van der Waals surface area contributed by atoms with Crippen LogP contribution in [0.3, 0.4) is 0 Å². The van der Waals surface area contributed by atoms with Crippen LogP contribution in [0.5, 0.6) is 0 Å². The van der Waals surface area contributed by atoms with Gasteiger partial charge in [0.25, 0.3) is 0 Å². The van der Waals surface area contributed by atoms with Gasteiger partial charge in [-0.1, -0.05) is 158 Å². The van der Waals surface area contributed by atoms with Crippen molar-refractivity contribution in [3.63, 3.8) is 0 Å². The van der Waals surface area contributed by atoms with E-state index < -0.39 is 0 Å². The molecule has 11 rings (SSSR count). The normalized spacial score (nSPS) is 11.6. The molecular formula is C51H31N3O2. The summed E-state index contributed by atoms with van der Waals surface area (Å²) in [5.41, 5.74) is 12.7. The van der Waals surface area contributed by atoms with Crippen LogP contribution in [0.1, 0.15) is 0 Å². The summed E-state index contributed by atoms with van der Waals surface area (Å²) in [6.07, 6.45) is 0. The minimum absolute atomic E-state index is 0.586. The summed E-state index contributed by atoms with van der Waals surface area (Å²) in [7, 11) is 0. The summed E-state index contributed by atoms with van der Waals surface area (Å²) in [6.45, 7) is 0. The standard InChI is InChI=1S/C51H31N3O2/c1-4-14-32(15-5-1)38-22-12-24-42-40-28-26-35(30-45(40)56-48(38)42)37-20-10-11-21-39(37)41-23-13-25-44-47(41)43-29-27-36(31-46(43)55-44)51-53-49(33-16-6-2-7-17-33)52-50(54-51)34-18-8-3-9-19-34/h1-31H. The number of fused-ring (bicyclic) bond motifs is 6. The minimum atomic E-state index is 0.586. The van der Waals surface area contributed by atoms with Crippen molar-refractivity contribution in [2.24, 2.45) is 0 Å². The van der Waals surface area contributed by atoms with Gasteiger partial charge in [0.2, 0.25) is 0 Å². The van der Waals surface area contributed by atoms with E-state index in [0.29, 0.717) is 17.5 Å². The van der Waals surface area contributed by atoms with Gasteiger partial charge in [0.1, 0.15) is 22.3 Å². The van der Waals surface area contributed by atoms with Crippen molar-refractivity contribution in [1.29, 1.82) is 0 Å². The maximum Gasteiger partial charge on any atom is 0.164 e. The van der Waals surface area contributed by atoms with Crippen LogP contribution in [0.25, 0.3) is 111 Å². The van der Waals surface area contributed by atoms with E-state index in [9.17, 15) is 0 Å². The van der Waals surface area contributed by atoms with Gasteiger partial charge in [0, 0.05) is 43.8 Å². The number of furan rings is 2. The van der Waals surface area contributed by atoms with E-state index in [1.54, 1.807) is 0 Å². The molecule has 3 aromatic heterocycles.